The summed E-state index contributed by atoms with van der Waals surface area (Å²) in [7, 11) is 0. The van der Waals surface area contributed by atoms with Crippen molar-refractivity contribution >= 4 is 23.3 Å². The van der Waals surface area contributed by atoms with Crippen molar-refractivity contribution in [2.45, 2.75) is 0 Å². The number of amides is 2. The second-order valence-corrected chi connectivity index (χ2v) is 3.06. The van der Waals surface area contributed by atoms with Crippen LogP contribution in [0, 0.1) is 0 Å². The zero-order chi connectivity index (χ0) is 10.4. The normalized spacial score (nSPS) is 9.43. The number of carbonyl (C=O) groups excluding carboxylic acids is 2. The summed E-state index contributed by atoms with van der Waals surface area (Å²) in [6.45, 7) is 0.336. The molecule has 0 bridgehead atoms. The number of carboxylic acid groups (broad SMARTS) is 1. The van der Waals surface area contributed by atoms with Gasteiger partial charge in [0.05, 0.1) is 5.51 Å². The molecule has 0 aliphatic heterocycles. The smallest absolute Gasteiger partial charge is 0.270 e. The Morgan fingerprint density at radius 3 is 2.71 bits per heavy atom. The molecule has 0 aliphatic rings. The molecule has 0 radical (unpaired) electrons. The van der Waals surface area contributed by atoms with Gasteiger partial charge in [0.2, 0.25) is 0 Å². The molecule has 0 aliphatic carbocycles. The molecule has 0 aromatic carbocycles. The van der Waals surface area contributed by atoms with Gasteiger partial charge in [0.1, 0.15) is 11.8 Å². The van der Waals surface area contributed by atoms with Crippen molar-refractivity contribution in [3.63, 3.8) is 0 Å². The maximum atomic E-state index is 11.2. The maximum absolute atomic E-state index is 11.2. The second kappa shape index (κ2) is 5.18. The van der Waals surface area contributed by atoms with Crippen LogP contribution in [0.2, 0.25) is 0 Å². The van der Waals surface area contributed by atoms with E-state index in [1.54, 1.807) is 10.9 Å². The lowest BCUT2D eigenvalue weighted by molar-refractivity contribution is -0.250. The second-order valence-electron chi connectivity index (χ2n) is 2.34. The molecule has 1 aromatic rings. The molecule has 0 atom stereocenters. The number of nitrogens with one attached hydrogen (secondary N) is 2. The summed E-state index contributed by atoms with van der Waals surface area (Å²) in [6, 6.07) is 0. The monoisotopic (exact) mass is 214 g/mol. The quantitative estimate of drug-likeness (QED) is 0.616. The molecule has 0 saturated carbocycles. The van der Waals surface area contributed by atoms with E-state index in [2.05, 4.69) is 10.3 Å². The van der Waals surface area contributed by atoms with Gasteiger partial charge in [-0.1, -0.05) is 0 Å². The maximum Gasteiger partial charge on any atom is 0.270 e. The molecule has 2 N–H and O–H groups in total. The Hall–Kier alpha value is -1.63. The van der Waals surface area contributed by atoms with Gasteiger partial charge in [-0.05, 0) is 0 Å². The Bertz CT molecular complexity index is 312. The number of aromatic nitrogens is 1. The van der Waals surface area contributed by atoms with E-state index in [1.807, 2.05) is 5.32 Å². The minimum Gasteiger partial charge on any atom is -0.530 e. The first kappa shape index (κ1) is 10.5. The molecule has 0 saturated heterocycles. The summed E-state index contributed by atoms with van der Waals surface area (Å²) in [4.78, 5) is 24.9. The first-order valence-corrected chi connectivity index (χ1v) is 4.75. The highest BCUT2D eigenvalue weighted by Crippen LogP contribution is 1.99. The van der Waals surface area contributed by atoms with Crippen LogP contribution >= 0.6 is 11.3 Å². The van der Waals surface area contributed by atoms with Crippen LogP contribution in [0.4, 0.5) is 4.79 Å². The summed E-state index contributed by atoms with van der Waals surface area (Å²) >= 11 is 1.32. The SMILES string of the molecule is O=C([O-])NCCNC(=O)c1cscn1. The van der Waals surface area contributed by atoms with Crippen molar-refractivity contribution < 1.29 is 14.7 Å². The van der Waals surface area contributed by atoms with Crippen molar-refractivity contribution in [3.05, 3.63) is 16.6 Å². The highest BCUT2D eigenvalue weighted by Gasteiger charge is 2.05. The van der Waals surface area contributed by atoms with Gasteiger partial charge < -0.3 is 20.5 Å². The van der Waals surface area contributed by atoms with Gasteiger partial charge >= 0.3 is 0 Å². The van der Waals surface area contributed by atoms with Crippen molar-refractivity contribution in [1.82, 2.24) is 15.6 Å². The van der Waals surface area contributed by atoms with Crippen molar-refractivity contribution in [1.29, 1.82) is 0 Å². The zero-order valence-corrected chi connectivity index (χ0v) is 7.97. The Morgan fingerprint density at radius 1 is 1.43 bits per heavy atom. The fraction of sp³-hybridized carbons (Fsp3) is 0.286. The van der Waals surface area contributed by atoms with Gasteiger partial charge in [0, 0.05) is 18.5 Å². The van der Waals surface area contributed by atoms with E-state index in [0.717, 1.165) is 0 Å². The largest absolute Gasteiger partial charge is 0.530 e. The third-order valence-electron chi connectivity index (χ3n) is 1.34. The highest BCUT2D eigenvalue weighted by molar-refractivity contribution is 7.07. The van der Waals surface area contributed by atoms with Crippen LogP contribution in [-0.2, 0) is 0 Å². The summed E-state index contributed by atoms with van der Waals surface area (Å²) in [5.41, 5.74) is 1.89. The highest BCUT2D eigenvalue weighted by atomic mass is 32.1. The molecular weight excluding hydrogens is 206 g/mol. The molecule has 0 fully saturated rings. The van der Waals surface area contributed by atoms with Gasteiger partial charge in [-0.3, -0.25) is 4.79 Å². The van der Waals surface area contributed by atoms with Gasteiger partial charge in [0.15, 0.2) is 0 Å². The minimum atomic E-state index is -1.35. The third kappa shape index (κ3) is 3.40. The average Bonchev–Trinajstić information content (AvgIpc) is 2.64. The number of rotatable bonds is 4. The van der Waals surface area contributed by atoms with E-state index in [4.69, 9.17) is 0 Å². The average molecular weight is 214 g/mol. The van der Waals surface area contributed by atoms with Crippen LogP contribution < -0.4 is 15.7 Å². The van der Waals surface area contributed by atoms with E-state index in [-0.39, 0.29) is 19.0 Å². The molecule has 76 valence electrons. The summed E-state index contributed by atoms with van der Waals surface area (Å²) in [6.07, 6.45) is -1.35. The fourth-order valence-corrected chi connectivity index (χ4v) is 1.29. The lowest BCUT2D eigenvalue weighted by atomic mass is 10.4. The molecule has 1 rings (SSSR count). The molecule has 0 spiro atoms. The van der Waals surface area contributed by atoms with E-state index in [1.165, 1.54) is 11.3 Å². The van der Waals surface area contributed by atoms with E-state index >= 15 is 0 Å². The van der Waals surface area contributed by atoms with Crippen LogP contribution in [0.25, 0.3) is 0 Å². The first-order valence-electron chi connectivity index (χ1n) is 3.81. The van der Waals surface area contributed by atoms with Crippen molar-refractivity contribution in [3.8, 4) is 0 Å². The van der Waals surface area contributed by atoms with Gasteiger partial charge in [0.25, 0.3) is 5.91 Å². The number of carbonyl (C=O) groups is 2. The molecule has 2 amide bonds. The molecule has 1 heterocycles. The Morgan fingerprint density at radius 2 is 2.14 bits per heavy atom. The Balaban J connectivity index is 2.19. The van der Waals surface area contributed by atoms with Crippen LogP contribution in [0.5, 0.6) is 0 Å². The number of nitrogens with zero attached hydrogens (tertiary/aromatic N) is 1. The third-order valence-corrected chi connectivity index (χ3v) is 1.93. The predicted molar refractivity (Wildman–Crippen MR) is 47.8 cm³/mol. The molecule has 1 aromatic heterocycles. The van der Waals surface area contributed by atoms with E-state index in [0.29, 0.717) is 5.69 Å². The predicted octanol–water partition coefficient (Wildman–Crippen LogP) is -1.19. The molecular formula is C7H8N3O3S-. The fourth-order valence-electron chi connectivity index (χ4n) is 0.756. The molecule has 7 heteroatoms. The topological polar surface area (TPSA) is 94.1 Å². The van der Waals surface area contributed by atoms with Crippen LogP contribution in [0.3, 0.4) is 0 Å². The lowest BCUT2D eigenvalue weighted by Gasteiger charge is -2.06. The number of hydrogen-bond acceptors (Lipinski definition) is 5. The van der Waals surface area contributed by atoms with Crippen LogP contribution in [0.15, 0.2) is 10.9 Å². The molecule has 14 heavy (non-hydrogen) atoms. The van der Waals surface area contributed by atoms with Crippen molar-refractivity contribution in [2.75, 3.05) is 13.1 Å². The number of hydrogen-bond donors (Lipinski definition) is 2. The Labute approximate surface area is 84.0 Å². The standard InChI is InChI=1S/C7H9N3O3S/c11-6(5-3-14-4-10-5)8-1-2-9-7(12)13/h3-4,9H,1-2H2,(H,8,11)(H,12,13)/p-1. The summed E-state index contributed by atoms with van der Waals surface area (Å²) in [5.74, 6) is -0.314. The van der Waals surface area contributed by atoms with Crippen LogP contribution in [-0.4, -0.2) is 30.1 Å². The van der Waals surface area contributed by atoms with Gasteiger partial charge in [-0.25, -0.2) is 4.98 Å². The molecule has 6 nitrogen and oxygen atoms in total. The molecule has 0 unspecified atom stereocenters. The summed E-state index contributed by atoms with van der Waals surface area (Å²) in [5, 5.41) is 16.1. The van der Waals surface area contributed by atoms with Crippen LogP contribution in [0.1, 0.15) is 10.5 Å². The van der Waals surface area contributed by atoms with E-state index in [9.17, 15) is 14.7 Å². The van der Waals surface area contributed by atoms with E-state index < -0.39 is 6.09 Å². The van der Waals surface area contributed by atoms with Gasteiger partial charge in [-0.2, -0.15) is 0 Å². The minimum absolute atomic E-state index is 0.123. The van der Waals surface area contributed by atoms with Gasteiger partial charge in [-0.15, -0.1) is 11.3 Å². The number of thiazole rings is 1. The van der Waals surface area contributed by atoms with Crippen molar-refractivity contribution in [2.24, 2.45) is 0 Å². The zero-order valence-electron chi connectivity index (χ0n) is 7.15. The lowest BCUT2D eigenvalue weighted by Crippen LogP contribution is -2.41. The summed E-state index contributed by atoms with van der Waals surface area (Å²) < 4.78 is 0. The Kier molecular flexibility index (Phi) is 3.86. The first-order chi connectivity index (χ1) is 6.70.